The molecular weight excluding hydrogens is 280 g/mol. The van der Waals surface area contributed by atoms with Gasteiger partial charge in [-0.05, 0) is 45.7 Å². The average Bonchev–Trinajstić information content (AvgIpc) is 2.96. The highest BCUT2D eigenvalue weighted by Gasteiger charge is 2.27. The SMILES string of the molecule is CC(=O)NC(C)(C)c1noc(CCC2CCNC2)n1.Cl. The van der Waals surface area contributed by atoms with Gasteiger partial charge in [-0.15, -0.1) is 12.4 Å². The number of aromatic nitrogens is 2. The Balaban J connectivity index is 0.00000200. The predicted octanol–water partition coefficient (Wildman–Crippen LogP) is 1.40. The lowest BCUT2D eigenvalue weighted by atomic mass is 10.0. The van der Waals surface area contributed by atoms with Crippen molar-refractivity contribution in [3.05, 3.63) is 11.7 Å². The van der Waals surface area contributed by atoms with E-state index in [1.54, 1.807) is 0 Å². The Morgan fingerprint density at radius 1 is 1.55 bits per heavy atom. The van der Waals surface area contributed by atoms with Crippen LogP contribution in [0.4, 0.5) is 0 Å². The number of halogens is 1. The minimum atomic E-state index is -0.595. The molecule has 0 bridgehead atoms. The lowest BCUT2D eigenvalue weighted by Gasteiger charge is -2.20. The third kappa shape index (κ3) is 4.45. The molecule has 1 unspecified atom stereocenters. The van der Waals surface area contributed by atoms with Gasteiger partial charge >= 0.3 is 0 Å². The molecule has 0 spiro atoms. The molecule has 7 heteroatoms. The molecule has 1 aliphatic heterocycles. The van der Waals surface area contributed by atoms with Crippen molar-refractivity contribution in [3.8, 4) is 0 Å². The molecule has 0 aliphatic carbocycles. The third-order valence-electron chi connectivity index (χ3n) is 3.44. The van der Waals surface area contributed by atoms with Gasteiger partial charge in [0.2, 0.25) is 11.8 Å². The van der Waals surface area contributed by atoms with Gasteiger partial charge < -0.3 is 15.2 Å². The van der Waals surface area contributed by atoms with Crippen LogP contribution in [0.2, 0.25) is 0 Å². The first-order chi connectivity index (χ1) is 8.97. The van der Waals surface area contributed by atoms with Crippen LogP contribution in [0.15, 0.2) is 4.52 Å². The summed E-state index contributed by atoms with van der Waals surface area (Å²) in [5, 5.41) is 10.1. The Labute approximate surface area is 125 Å². The zero-order valence-corrected chi connectivity index (χ0v) is 13.0. The summed E-state index contributed by atoms with van der Waals surface area (Å²) in [4.78, 5) is 15.5. The molecule has 2 N–H and O–H groups in total. The molecule has 6 nitrogen and oxygen atoms in total. The molecule has 1 aliphatic rings. The van der Waals surface area contributed by atoms with Crippen LogP contribution in [0.1, 0.15) is 45.3 Å². The van der Waals surface area contributed by atoms with E-state index in [0.29, 0.717) is 17.6 Å². The van der Waals surface area contributed by atoms with E-state index in [0.717, 1.165) is 25.9 Å². The zero-order chi connectivity index (χ0) is 13.9. The second-order valence-electron chi connectivity index (χ2n) is 5.72. The van der Waals surface area contributed by atoms with Gasteiger partial charge in [0, 0.05) is 13.3 Å². The van der Waals surface area contributed by atoms with Gasteiger partial charge in [0.15, 0.2) is 5.82 Å². The number of hydrogen-bond donors (Lipinski definition) is 2. The van der Waals surface area contributed by atoms with E-state index in [1.807, 2.05) is 13.8 Å². The highest BCUT2D eigenvalue weighted by Crippen LogP contribution is 2.19. The highest BCUT2D eigenvalue weighted by atomic mass is 35.5. The zero-order valence-electron chi connectivity index (χ0n) is 12.2. The minimum Gasteiger partial charge on any atom is -0.344 e. The second kappa shape index (κ2) is 7.04. The summed E-state index contributed by atoms with van der Waals surface area (Å²) >= 11 is 0. The first kappa shape index (κ1) is 16.9. The molecule has 0 radical (unpaired) electrons. The van der Waals surface area contributed by atoms with Crippen LogP contribution in [0.3, 0.4) is 0 Å². The molecule has 0 saturated carbocycles. The Morgan fingerprint density at radius 2 is 2.30 bits per heavy atom. The lowest BCUT2D eigenvalue weighted by Crippen LogP contribution is -2.40. The fourth-order valence-corrected chi connectivity index (χ4v) is 2.39. The molecule has 1 amide bonds. The van der Waals surface area contributed by atoms with Gasteiger partial charge in [-0.1, -0.05) is 5.16 Å². The Hall–Kier alpha value is -1.14. The maximum Gasteiger partial charge on any atom is 0.226 e. The van der Waals surface area contributed by atoms with Crippen molar-refractivity contribution in [1.29, 1.82) is 0 Å². The molecule has 1 atom stereocenters. The topological polar surface area (TPSA) is 80.0 Å². The number of hydrogen-bond acceptors (Lipinski definition) is 5. The Morgan fingerprint density at radius 3 is 2.90 bits per heavy atom. The number of carbonyl (C=O) groups is 1. The van der Waals surface area contributed by atoms with E-state index >= 15 is 0 Å². The van der Waals surface area contributed by atoms with Crippen molar-refractivity contribution >= 4 is 18.3 Å². The summed E-state index contributed by atoms with van der Waals surface area (Å²) in [5.74, 6) is 1.79. The molecule has 1 aromatic heterocycles. The number of rotatable bonds is 5. The van der Waals surface area contributed by atoms with Crippen LogP contribution in [0, 0.1) is 5.92 Å². The monoisotopic (exact) mass is 302 g/mol. The summed E-state index contributed by atoms with van der Waals surface area (Å²) in [7, 11) is 0. The van der Waals surface area contributed by atoms with Gasteiger partial charge in [-0.2, -0.15) is 4.98 Å². The maximum atomic E-state index is 11.1. The van der Waals surface area contributed by atoms with E-state index in [1.165, 1.54) is 13.3 Å². The molecule has 0 aromatic carbocycles. The van der Waals surface area contributed by atoms with Gasteiger partial charge in [0.25, 0.3) is 0 Å². The molecular formula is C13H23ClN4O2. The lowest BCUT2D eigenvalue weighted by molar-refractivity contribution is -0.120. The van der Waals surface area contributed by atoms with E-state index in [2.05, 4.69) is 20.8 Å². The van der Waals surface area contributed by atoms with Crippen molar-refractivity contribution in [1.82, 2.24) is 20.8 Å². The van der Waals surface area contributed by atoms with Gasteiger partial charge in [-0.3, -0.25) is 4.79 Å². The number of nitrogens with one attached hydrogen (secondary N) is 2. The van der Waals surface area contributed by atoms with Crippen molar-refractivity contribution in [3.63, 3.8) is 0 Å². The van der Waals surface area contributed by atoms with Crippen molar-refractivity contribution in [2.24, 2.45) is 5.92 Å². The predicted molar refractivity (Wildman–Crippen MR) is 77.7 cm³/mol. The van der Waals surface area contributed by atoms with E-state index in [-0.39, 0.29) is 18.3 Å². The third-order valence-corrected chi connectivity index (χ3v) is 3.44. The first-order valence-electron chi connectivity index (χ1n) is 6.80. The van der Waals surface area contributed by atoms with Crippen LogP contribution in [-0.2, 0) is 16.8 Å². The summed E-state index contributed by atoms with van der Waals surface area (Å²) in [5.41, 5.74) is -0.595. The molecule has 2 rings (SSSR count). The summed E-state index contributed by atoms with van der Waals surface area (Å²) in [6.07, 6.45) is 3.09. The summed E-state index contributed by atoms with van der Waals surface area (Å²) in [6.45, 7) is 7.40. The van der Waals surface area contributed by atoms with Gasteiger partial charge in [0.1, 0.15) is 0 Å². The summed E-state index contributed by atoms with van der Waals surface area (Å²) in [6, 6.07) is 0. The highest BCUT2D eigenvalue weighted by molar-refractivity contribution is 5.85. The van der Waals surface area contributed by atoms with Crippen LogP contribution < -0.4 is 10.6 Å². The van der Waals surface area contributed by atoms with E-state index in [9.17, 15) is 4.79 Å². The van der Waals surface area contributed by atoms with Crippen molar-refractivity contribution < 1.29 is 9.32 Å². The van der Waals surface area contributed by atoms with Crippen LogP contribution in [-0.4, -0.2) is 29.1 Å². The second-order valence-corrected chi connectivity index (χ2v) is 5.72. The van der Waals surface area contributed by atoms with Crippen LogP contribution in [0.5, 0.6) is 0 Å². The van der Waals surface area contributed by atoms with Gasteiger partial charge in [0.05, 0.1) is 5.54 Å². The fourth-order valence-electron chi connectivity index (χ4n) is 2.39. The fraction of sp³-hybridized carbons (Fsp3) is 0.769. The molecule has 1 saturated heterocycles. The smallest absolute Gasteiger partial charge is 0.226 e. The van der Waals surface area contributed by atoms with Crippen molar-refractivity contribution in [2.75, 3.05) is 13.1 Å². The number of amides is 1. The average molecular weight is 303 g/mol. The minimum absolute atomic E-state index is 0. The van der Waals surface area contributed by atoms with E-state index < -0.39 is 5.54 Å². The first-order valence-corrected chi connectivity index (χ1v) is 6.80. The number of nitrogens with zero attached hydrogens (tertiary/aromatic N) is 2. The molecule has 114 valence electrons. The normalized spacial score (nSPS) is 18.6. The van der Waals surface area contributed by atoms with Crippen molar-refractivity contribution in [2.45, 2.75) is 45.6 Å². The maximum absolute atomic E-state index is 11.1. The molecule has 20 heavy (non-hydrogen) atoms. The quantitative estimate of drug-likeness (QED) is 0.859. The Kier molecular flexibility index (Phi) is 5.95. The number of carbonyl (C=O) groups excluding carboxylic acids is 1. The van der Waals surface area contributed by atoms with Gasteiger partial charge in [-0.25, -0.2) is 0 Å². The largest absolute Gasteiger partial charge is 0.344 e. The summed E-state index contributed by atoms with van der Waals surface area (Å²) < 4.78 is 5.26. The molecule has 2 heterocycles. The number of aryl methyl sites for hydroxylation is 1. The van der Waals surface area contributed by atoms with Crippen LogP contribution in [0.25, 0.3) is 0 Å². The Bertz CT molecular complexity index is 441. The van der Waals surface area contributed by atoms with Crippen LogP contribution >= 0.6 is 12.4 Å². The molecule has 1 aromatic rings. The standard InChI is InChI=1S/C13H22N4O2.ClH/c1-9(18)16-13(2,3)12-15-11(19-17-12)5-4-10-6-7-14-8-10;/h10,14H,4-8H2,1-3H3,(H,16,18);1H. The molecule has 1 fully saturated rings. The van der Waals surface area contributed by atoms with E-state index in [4.69, 9.17) is 4.52 Å².